The molecule has 2 rings (SSSR count). The average molecular weight is 287 g/mol. The molecule has 2 nitrogen and oxygen atoms in total. The number of carbonyl (C=O) groups excluding carboxylic acids is 1. The third-order valence-corrected chi connectivity index (χ3v) is 3.87. The predicted octanol–water partition coefficient (Wildman–Crippen LogP) is 2.76. The molecule has 1 aromatic rings. The number of hydrogen-bond donors (Lipinski definition) is 0. The Morgan fingerprint density at radius 3 is 2.93 bits per heavy atom. The maximum Gasteiger partial charge on any atom is 0.172 e. The van der Waals surface area contributed by atoms with Gasteiger partial charge in [0.2, 0.25) is 0 Å². The Balaban J connectivity index is 1.89. The van der Waals surface area contributed by atoms with E-state index in [1.54, 1.807) is 11.8 Å². The highest BCUT2D eigenvalue weighted by atomic mass is 79.9. The van der Waals surface area contributed by atoms with Crippen molar-refractivity contribution in [2.24, 2.45) is 0 Å². The van der Waals surface area contributed by atoms with Crippen molar-refractivity contribution < 1.29 is 9.53 Å². The molecule has 0 unspecified atom stereocenters. The molecule has 0 aromatic heterocycles. The van der Waals surface area contributed by atoms with Crippen LogP contribution in [0.2, 0.25) is 0 Å². The normalized spacial score (nSPS) is 16.1. The van der Waals surface area contributed by atoms with Crippen molar-refractivity contribution in [2.75, 3.05) is 19.0 Å². The number of halogens is 1. The van der Waals surface area contributed by atoms with E-state index in [1.807, 2.05) is 24.3 Å². The van der Waals surface area contributed by atoms with Gasteiger partial charge in [0, 0.05) is 10.0 Å². The van der Waals surface area contributed by atoms with E-state index < -0.39 is 0 Å². The van der Waals surface area contributed by atoms with Gasteiger partial charge in [-0.1, -0.05) is 28.1 Å². The second-order valence-electron chi connectivity index (χ2n) is 3.40. The van der Waals surface area contributed by atoms with E-state index in [9.17, 15) is 4.79 Å². The number of hydrogen-bond acceptors (Lipinski definition) is 3. The molecule has 1 heterocycles. The smallest absolute Gasteiger partial charge is 0.172 e. The summed E-state index contributed by atoms with van der Waals surface area (Å²) >= 11 is 5.04. The molecular formula is C11H11BrO2S. The Bertz CT molecular complexity index is 363. The van der Waals surface area contributed by atoms with E-state index in [-0.39, 0.29) is 5.78 Å². The van der Waals surface area contributed by atoms with Gasteiger partial charge in [0.1, 0.15) is 0 Å². The van der Waals surface area contributed by atoms with Gasteiger partial charge in [-0.25, -0.2) is 0 Å². The molecule has 80 valence electrons. The van der Waals surface area contributed by atoms with E-state index in [0.717, 1.165) is 23.2 Å². The summed E-state index contributed by atoms with van der Waals surface area (Å²) in [6.07, 6.45) is 0. The van der Waals surface area contributed by atoms with Crippen LogP contribution >= 0.6 is 27.7 Å². The molecule has 1 fully saturated rings. The van der Waals surface area contributed by atoms with Crippen LogP contribution in [0.15, 0.2) is 28.7 Å². The topological polar surface area (TPSA) is 26.3 Å². The van der Waals surface area contributed by atoms with Crippen molar-refractivity contribution in [3.8, 4) is 0 Å². The van der Waals surface area contributed by atoms with Crippen LogP contribution in [0.5, 0.6) is 0 Å². The summed E-state index contributed by atoms with van der Waals surface area (Å²) in [6.45, 7) is 1.58. The first kappa shape index (κ1) is 11.2. The third kappa shape index (κ3) is 3.06. The molecular weight excluding hydrogens is 276 g/mol. The van der Waals surface area contributed by atoms with Crippen molar-refractivity contribution >= 4 is 33.5 Å². The quantitative estimate of drug-likeness (QED) is 0.797. The van der Waals surface area contributed by atoms with Gasteiger partial charge in [0.15, 0.2) is 5.78 Å². The van der Waals surface area contributed by atoms with Gasteiger partial charge in [-0.2, -0.15) is 0 Å². The highest BCUT2D eigenvalue weighted by molar-refractivity contribution is 9.10. The Labute approximate surface area is 102 Å². The van der Waals surface area contributed by atoms with Gasteiger partial charge in [-0.05, 0) is 12.1 Å². The van der Waals surface area contributed by atoms with Crippen LogP contribution in [0.1, 0.15) is 10.4 Å². The number of benzene rings is 1. The van der Waals surface area contributed by atoms with E-state index in [2.05, 4.69) is 15.9 Å². The maximum absolute atomic E-state index is 11.8. The second kappa shape index (κ2) is 5.14. The fourth-order valence-electron chi connectivity index (χ4n) is 1.25. The minimum atomic E-state index is 0.188. The molecule has 0 radical (unpaired) electrons. The van der Waals surface area contributed by atoms with Crippen LogP contribution < -0.4 is 0 Å². The molecule has 0 bridgehead atoms. The van der Waals surface area contributed by atoms with E-state index in [4.69, 9.17) is 4.74 Å². The third-order valence-electron chi connectivity index (χ3n) is 2.20. The highest BCUT2D eigenvalue weighted by Gasteiger charge is 2.20. The maximum atomic E-state index is 11.8. The number of ether oxygens (including phenoxy) is 1. The number of Topliss-reactive ketones (excluding diaryl/α,β-unsaturated/α-hetero) is 1. The van der Waals surface area contributed by atoms with Gasteiger partial charge in [0.25, 0.3) is 0 Å². The molecule has 15 heavy (non-hydrogen) atoms. The number of rotatable bonds is 4. The van der Waals surface area contributed by atoms with Gasteiger partial charge < -0.3 is 4.74 Å². The first-order valence-corrected chi connectivity index (χ1v) is 6.58. The molecule has 0 spiro atoms. The molecule has 1 aliphatic heterocycles. The van der Waals surface area contributed by atoms with Crippen molar-refractivity contribution in [2.45, 2.75) is 5.25 Å². The first-order valence-electron chi connectivity index (χ1n) is 4.74. The predicted molar refractivity (Wildman–Crippen MR) is 65.5 cm³/mol. The number of thioether (sulfide) groups is 1. The second-order valence-corrected chi connectivity index (χ2v) is 5.61. The summed E-state index contributed by atoms with van der Waals surface area (Å²) < 4.78 is 6.00. The molecule has 1 aliphatic rings. The van der Waals surface area contributed by atoms with Crippen molar-refractivity contribution in [1.29, 1.82) is 0 Å². The lowest BCUT2D eigenvalue weighted by Crippen LogP contribution is -2.31. The Kier molecular flexibility index (Phi) is 3.83. The summed E-state index contributed by atoms with van der Waals surface area (Å²) in [5, 5.41) is 0.515. The zero-order valence-electron chi connectivity index (χ0n) is 8.11. The van der Waals surface area contributed by atoms with Crippen LogP contribution in [-0.4, -0.2) is 30.0 Å². The lowest BCUT2D eigenvalue weighted by atomic mass is 10.2. The zero-order valence-corrected chi connectivity index (χ0v) is 10.5. The Hall–Kier alpha value is -0.320. The van der Waals surface area contributed by atoms with Crippen LogP contribution in [0.25, 0.3) is 0 Å². The molecule has 0 saturated carbocycles. The summed E-state index contributed by atoms with van der Waals surface area (Å²) in [7, 11) is 0. The Morgan fingerprint density at radius 2 is 2.33 bits per heavy atom. The summed E-state index contributed by atoms with van der Waals surface area (Å²) in [6, 6.07) is 7.52. The van der Waals surface area contributed by atoms with Crippen molar-refractivity contribution in [1.82, 2.24) is 0 Å². The molecule has 0 atom stereocenters. The summed E-state index contributed by atoms with van der Waals surface area (Å²) in [5.41, 5.74) is 0.775. The molecule has 0 aliphatic carbocycles. The number of ketones is 1. The zero-order chi connectivity index (χ0) is 10.7. The molecule has 0 N–H and O–H groups in total. The van der Waals surface area contributed by atoms with Crippen molar-refractivity contribution in [3.63, 3.8) is 0 Å². The molecule has 1 saturated heterocycles. The lowest BCUT2D eigenvalue weighted by Gasteiger charge is -2.24. The SMILES string of the molecule is O=C(CSC1COC1)c1cccc(Br)c1. The minimum Gasteiger partial charge on any atom is -0.379 e. The van der Waals surface area contributed by atoms with Gasteiger partial charge >= 0.3 is 0 Å². The van der Waals surface area contributed by atoms with Crippen molar-refractivity contribution in [3.05, 3.63) is 34.3 Å². The van der Waals surface area contributed by atoms with Crippen LogP contribution in [0.4, 0.5) is 0 Å². The monoisotopic (exact) mass is 286 g/mol. The van der Waals surface area contributed by atoms with E-state index in [1.165, 1.54) is 0 Å². The molecule has 1 aromatic carbocycles. The average Bonchev–Trinajstić information content (AvgIpc) is 2.15. The van der Waals surface area contributed by atoms with Crippen LogP contribution in [0, 0.1) is 0 Å². The van der Waals surface area contributed by atoms with E-state index >= 15 is 0 Å². The van der Waals surface area contributed by atoms with Gasteiger partial charge in [-0.3, -0.25) is 4.79 Å². The van der Waals surface area contributed by atoms with Crippen LogP contribution in [0.3, 0.4) is 0 Å². The Morgan fingerprint density at radius 1 is 1.53 bits per heavy atom. The van der Waals surface area contributed by atoms with Crippen LogP contribution in [-0.2, 0) is 4.74 Å². The largest absolute Gasteiger partial charge is 0.379 e. The van der Waals surface area contributed by atoms with Gasteiger partial charge in [-0.15, -0.1) is 11.8 Å². The number of carbonyl (C=O) groups is 1. The highest BCUT2D eigenvalue weighted by Crippen LogP contribution is 2.21. The summed E-state index contributed by atoms with van der Waals surface area (Å²) in [5.74, 6) is 0.734. The molecule has 4 heteroatoms. The van der Waals surface area contributed by atoms with Gasteiger partial charge in [0.05, 0.1) is 24.2 Å². The summed E-state index contributed by atoms with van der Waals surface area (Å²) in [4.78, 5) is 11.8. The van der Waals surface area contributed by atoms with E-state index in [0.29, 0.717) is 11.0 Å². The lowest BCUT2D eigenvalue weighted by molar-refractivity contribution is 0.0455. The fourth-order valence-corrected chi connectivity index (χ4v) is 2.59. The first-order chi connectivity index (χ1) is 7.25. The minimum absolute atomic E-state index is 0.188. The fraction of sp³-hybridized carbons (Fsp3) is 0.364. The molecule has 0 amide bonds. The standard InChI is InChI=1S/C11H11BrO2S/c12-9-3-1-2-8(4-9)11(13)7-15-10-5-14-6-10/h1-4,10H,5-7H2.